The quantitative estimate of drug-likeness (QED) is 0.864. The predicted molar refractivity (Wildman–Crippen MR) is 64.6 cm³/mol. The van der Waals surface area contributed by atoms with Crippen molar-refractivity contribution in [3.63, 3.8) is 0 Å². The van der Waals surface area contributed by atoms with Crippen molar-refractivity contribution in [3.8, 4) is 5.75 Å². The van der Waals surface area contributed by atoms with Crippen LogP contribution in [0.1, 0.15) is 13.3 Å². The summed E-state index contributed by atoms with van der Waals surface area (Å²) < 4.78 is 5.80. The Balaban J connectivity index is 2.71. The number of carbonyl (C=O) groups is 2. The molecule has 5 heteroatoms. The van der Waals surface area contributed by atoms with Crippen LogP contribution in [-0.4, -0.2) is 18.8 Å². The van der Waals surface area contributed by atoms with Crippen LogP contribution in [0.3, 0.4) is 0 Å². The summed E-state index contributed by atoms with van der Waals surface area (Å²) in [5.41, 5.74) is 0.624. The second-order valence-electron chi connectivity index (χ2n) is 3.28. The van der Waals surface area contributed by atoms with E-state index in [0.29, 0.717) is 11.4 Å². The number of methoxy groups -OCH3 is 1. The Hall–Kier alpha value is -1.36. The second-order valence-corrected chi connectivity index (χ2v) is 4.13. The fourth-order valence-corrected chi connectivity index (χ4v) is 1.72. The largest absolute Gasteiger partial charge is 0.496 e. The Morgan fingerprint density at radius 2 is 2.12 bits per heavy atom. The topological polar surface area (TPSA) is 55.4 Å². The summed E-state index contributed by atoms with van der Waals surface area (Å²) in [4.78, 5) is 22.0. The Kier molecular flexibility index (Phi) is 4.49. The molecule has 1 amide bonds. The molecule has 0 saturated heterocycles. The van der Waals surface area contributed by atoms with Crippen molar-refractivity contribution in [1.82, 2.24) is 0 Å². The van der Waals surface area contributed by atoms with Gasteiger partial charge in [-0.25, -0.2) is 0 Å². The van der Waals surface area contributed by atoms with E-state index in [0.717, 1.165) is 4.47 Å². The van der Waals surface area contributed by atoms with Gasteiger partial charge in [0.05, 0.1) is 18.0 Å². The Morgan fingerprint density at radius 1 is 1.44 bits per heavy atom. The van der Waals surface area contributed by atoms with Crippen molar-refractivity contribution in [2.45, 2.75) is 13.3 Å². The van der Waals surface area contributed by atoms with E-state index >= 15 is 0 Å². The summed E-state index contributed by atoms with van der Waals surface area (Å²) in [5, 5.41) is 2.62. The van der Waals surface area contributed by atoms with Crippen molar-refractivity contribution in [3.05, 3.63) is 22.7 Å². The molecule has 0 radical (unpaired) electrons. The minimum absolute atomic E-state index is 0.107. The number of benzene rings is 1. The van der Waals surface area contributed by atoms with Gasteiger partial charge < -0.3 is 10.1 Å². The van der Waals surface area contributed by atoms with E-state index in [9.17, 15) is 9.59 Å². The highest BCUT2D eigenvalue weighted by Crippen LogP contribution is 2.27. The second kappa shape index (κ2) is 5.65. The SMILES string of the molecule is COc1ccc(NC(=O)CC(C)=O)cc1Br. The minimum Gasteiger partial charge on any atom is -0.496 e. The molecule has 1 rings (SSSR count). The van der Waals surface area contributed by atoms with Crippen molar-refractivity contribution < 1.29 is 14.3 Å². The number of ether oxygens (including phenoxy) is 1. The Morgan fingerprint density at radius 3 is 2.62 bits per heavy atom. The van der Waals surface area contributed by atoms with Crippen LogP contribution < -0.4 is 10.1 Å². The highest BCUT2D eigenvalue weighted by Gasteiger charge is 2.07. The van der Waals surface area contributed by atoms with Crippen LogP contribution in [0, 0.1) is 0 Å². The normalized spacial score (nSPS) is 9.69. The molecule has 16 heavy (non-hydrogen) atoms. The number of Topliss-reactive ketones (excluding diaryl/α,β-unsaturated/α-hetero) is 1. The van der Waals surface area contributed by atoms with Gasteiger partial charge in [0, 0.05) is 5.69 Å². The zero-order valence-electron chi connectivity index (χ0n) is 9.04. The van der Waals surface area contributed by atoms with E-state index in [1.165, 1.54) is 6.92 Å². The molecule has 0 unspecified atom stereocenters. The Bertz CT molecular complexity index is 418. The number of hydrogen-bond acceptors (Lipinski definition) is 3. The van der Waals surface area contributed by atoms with Gasteiger partial charge in [0.1, 0.15) is 11.5 Å². The van der Waals surface area contributed by atoms with Crippen LogP contribution in [0.4, 0.5) is 5.69 Å². The van der Waals surface area contributed by atoms with E-state index in [4.69, 9.17) is 4.74 Å². The fraction of sp³-hybridized carbons (Fsp3) is 0.273. The number of carbonyl (C=O) groups excluding carboxylic acids is 2. The molecule has 1 aromatic carbocycles. The monoisotopic (exact) mass is 285 g/mol. The minimum atomic E-state index is -0.315. The summed E-state index contributed by atoms with van der Waals surface area (Å²) >= 11 is 3.30. The lowest BCUT2D eigenvalue weighted by Crippen LogP contribution is -2.14. The van der Waals surface area contributed by atoms with Gasteiger partial charge >= 0.3 is 0 Å². The smallest absolute Gasteiger partial charge is 0.231 e. The Labute approximate surface area is 102 Å². The third-order valence-corrected chi connectivity index (χ3v) is 2.46. The third kappa shape index (κ3) is 3.66. The van der Waals surface area contributed by atoms with Crippen molar-refractivity contribution in [1.29, 1.82) is 0 Å². The van der Waals surface area contributed by atoms with E-state index in [2.05, 4.69) is 21.2 Å². The molecule has 0 atom stereocenters. The average molecular weight is 286 g/mol. The maximum absolute atomic E-state index is 11.3. The van der Waals surface area contributed by atoms with Gasteiger partial charge in [0.15, 0.2) is 0 Å². The molecule has 1 N–H and O–H groups in total. The van der Waals surface area contributed by atoms with E-state index in [-0.39, 0.29) is 18.1 Å². The van der Waals surface area contributed by atoms with Gasteiger partial charge in [-0.2, -0.15) is 0 Å². The van der Waals surface area contributed by atoms with Gasteiger partial charge in [0.2, 0.25) is 5.91 Å². The van der Waals surface area contributed by atoms with Crippen LogP contribution in [0.2, 0.25) is 0 Å². The van der Waals surface area contributed by atoms with E-state index in [1.54, 1.807) is 25.3 Å². The molecule has 0 aliphatic rings. The fourth-order valence-electron chi connectivity index (χ4n) is 1.18. The molecule has 0 aromatic heterocycles. The molecular weight excluding hydrogens is 274 g/mol. The van der Waals surface area contributed by atoms with Gasteiger partial charge in [0.25, 0.3) is 0 Å². The molecule has 0 aliphatic carbocycles. The molecule has 0 bridgehead atoms. The van der Waals surface area contributed by atoms with Gasteiger partial charge in [-0.3, -0.25) is 9.59 Å². The summed E-state index contributed by atoms with van der Waals surface area (Å²) in [7, 11) is 1.56. The summed E-state index contributed by atoms with van der Waals surface area (Å²) in [6, 6.07) is 5.16. The number of nitrogens with one attached hydrogen (secondary N) is 1. The van der Waals surface area contributed by atoms with Crippen molar-refractivity contribution >= 4 is 33.3 Å². The first-order valence-electron chi connectivity index (χ1n) is 4.65. The van der Waals surface area contributed by atoms with Crippen LogP contribution in [0.5, 0.6) is 5.75 Å². The van der Waals surface area contributed by atoms with Crippen molar-refractivity contribution in [2.75, 3.05) is 12.4 Å². The number of hydrogen-bond donors (Lipinski definition) is 1. The molecule has 86 valence electrons. The first-order chi connectivity index (χ1) is 7.52. The van der Waals surface area contributed by atoms with Crippen LogP contribution in [0.25, 0.3) is 0 Å². The summed E-state index contributed by atoms with van der Waals surface area (Å²) in [6.07, 6.45) is -0.107. The van der Waals surface area contributed by atoms with Gasteiger partial charge in [-0.1, -0.05) is 0 Å². The predicted octanol–water partition coefficient (Wildman–Crippen LogP) is 2.38. The number of halogens is 1. The average Bonchev–Trinajstić information content (AvgIpc) is 2.16. The highest BCUT2D eigenvalue weighted by atomic mass is 79.9. The number of rotatable bonds is 4. The van der Waals surface area contributed by atoms with Crippen LogP contribution in [-0.2, 0) is 9.59 Å². The highest BCUT2D eigenvalue weighted by molar-refractivity contribution is 9.10. The number of anilines is 1. The molecule has 1 aromatic rings. The van der Waals surface area contributed by atoms with E-state index < -0.39 is 0 Å². The molecule has 0 aliphatic heterocycles. The van der Waals surface area contributed by atoms with Crippen molar-refractivity contribution in [2.24, 2.45) is 0 Å². The molecule has 0 heterocycles. The lowest BCUT2D eigenvalue weighted by Gasteiger charge is -2.07. The molecule has 0 spiro atoms. The van der Waals surface area contributed by atoms with Gasteiger partial charge in [-0.05, 0) is 41.1 Å². The lowest BCUT2D eigenvalue weighted by molar-refractivity contribution is -0.124. The van der Waals surface area contributed by atoms with Crippen LogP contribution in [0.15, 0.2) is 22.7 Å². The van der Waals surface area contributed by atoms with Crippen LogP contribution >= 0.6 is 15.9 Å². The molecule has 0 saturated carbocycles. The molecule has 4 nitrogen and oxygen atoms in total. The summed E-state index contributed by atoms with van der Waals surface area (Å²) in [5.74, 6) is 0.208. The zero-order chi connectivity index (χ0) is 12.1. The first-order valence-corrected chi connectivity index (χ1v) is 5.45. The van der Waals surface area contributed by atoms with Gasteiger partial charge in [-0.15, -0.1) is 0 Å². The number of ketones is 1. The van der Waals surface area contributed by atoms with E-state index in [1.807, 2.05) is 0 Å². The standard InChI is InChI=1S/C11H12BrNO3/c1-7(14)5-11(15)13-8-3-4-10(16-2)9(12)6-8/h3-4,6H,5H2,1-2H3,(H,13,15). The molecule has 0 fully saturated rings. The zero-order valence-corrected chi connectivity index (χ0v) is 10.6. The maximum Gasteiger partial charge on any atom is 0.231 e. The lowest BCUT2D eigenvalue weighted by atomic mass is 10.2. The summed E-state index contributed by atoms with van der Waals surface area (Å²) in [6.45, 7) is 1.38. The first kappa shape index (κ1) is 12.7. The molecular formula is C11H12BrNO3. The number of amides is 1. The maximum atomic E-state index is 11.3. The third-order valence-electron chi connectivity index (χ3n) is 1.85.